The van der Waals surface area contributed by atoms with Crippen LogP contribution in [-0.4, -0.2) is 16.1 Å². The summed E-state index contributed by atoms with van der Waals surface area (Å²) in [5.41, 5.74) is 1.78. The Morgan fingerprint density at radius 3 is 2.78 bits per heavy atom. The molecule has 0 spiro atoms. The van der Waals surface area contributed by atoms with Gasteiger partial charge < -0.3 is 5.11 Å². The molecule has 0 amide bonds. The molecule has 1 aromatic carbocycles. The van der Waals surface area contributed by atoms with E-state index in [1.807, 2.05) is 18.2 Å². The molecule has 18 heavy (non-hydrogen) atoms. The van der Waals surface area contributed by atoms with Crippen LogP contribution in [0.15, 0.2) is 24.3 Å². The maximum atomic E-state index is 10.9. The lowest BCUT2D eigenvalue weighted by Gasteiger charge is -2.10. The molecule has 1 aromatic heterocycles. The van der Waals surface area contributed by atoms with Gasteiger partial charge in [0.15, 0.2) is 0 Å². The van der Waals surface area contributed by atoms with E-state index in [0.717, 1.165) is 11.8 Å². The van der Waals surface area contributed by atoms with Gasteiger partial charge in [-0.1, -0.05) is 31.5 Å². The van der Waals surface area contributed by atoms with Gasteiger partial charge in [0.2, 0.25) is 0 Å². The summed E-state index contributed by atoms with van der Waals surface area (Å²) in [6.45, 7) is 4.27. The first-order chi connectivity index (χ1) is 8.52. The summed E-state index contributed by atoms with van der Waals surface area (Å²) in [6, 6.07) is 7.19. The van der Waals surface area contributed by atoms with Crippen LogP contribution in [0.1, 0.15) is 42.2 Å². The Kier molecular flexibility index (Phi) is 3.53. The summed E-state index contributed by atoms with van der Waals surface area (Å²) in [6.07, 6.45) is 1.05. The lowest BCUT2D eigenvalue weighted by atomic mass is 9.97. The zero-order chi connectivity index (χ0) is 13.3. The fourth-order valence-corrected chi connectivity index (χ4v) is 2.11. The van der Waals surface area contributed by atoms with E-state index >= 15 is 0 Å². The fraction of sp³-hybridized carbons (Fsp3) is 0.286. The summed E-state index contributed by atoms with van der Waals surface area (Å²) >= 11 is 6.12. The average Bonchev–Trinajstić information content (AvgIpc) is 2.37. The number of hydrogen-bond donors (Lipinski definition) is 1. The van der Waals surface area contributed by atoms with Crippen molar-refractivity contribution in [3.05, 3.63) is 40.5 Å². The summed E-state index contributed by atoms with van der Waals surface area (Å²) in [7, 11) is 0. The molecular weight excluding hydrogens is 250 g/mol. The van der Waals surface area contributed by atoms with Gasteiger partial charge in [0.05, 0.1) is 10.5 Å². The molecule has 0 bridgehead atoms. The van der Waals surface area contributed by atoms with Gasteiger partial charge in [-0.3, -0.25) is 0 Å². The molecule has 0 saturated heterocycles. The number of aromatic nitrogens is 1. The first kappa shape index (κ1) is 12.8. The van der Waals surface area contributed by atoms with Crippen LogP contribution in [0.25, 0.3) is 10.9 Å². The molecule has 0 aliphatic heterocycles. The summed E-state index contributed by atoms with van der Waals surface area (Å²) < 4.78 is 0. The van der Waals surface area contributed by atoms with E-state index in [1.165, 1.54) is 11.6 Å². The fourth-order valence-electron chi connectivity index (χ4n) is 1.85. The normalized spacial score (nSPS) is 12.6. The van der Waals surface area contributed by atoms with Crippen molar-refractivity contribution in [1.82, 2.24) is 4.98 Å². The monoisotopic (exact) mass is 263 g/mol. The minimum Gasteiger partial charge on any atom is -0.477 e. The molecule has 94 valence electrons. The topological polar surface area (TPSA) is 50.2 Å². The van der Waals surface area contributed by atoms with Crippen molar-refractivity contribution >= 4 is 28.5 Å². The zero-order valence-corrected chi connectivity index (χ0v) is 11.0. The van der Waals surface area contributed by atoms with Crippen molar-refractivity contribution in [2.75, 3.05) is 0 Å². The molecular formula is C14H14ClNO2. The molecule has 1 N–H and O–H groups in total. The van der Waals surface area contributed by atoms with Crippen LogP contribution < -0.4 is 0 Å². The number of carboxylic acid groups (broad SMARTS) is 1. The van der Waals surface area contributed by atoms with Gasteiger partial charge in [-0.05, 0) is 36.1 Å². The Balaban J connectivity index is 2.61. The van der Waals surface area contributed by atoms with E-state index in [-0.39, 0.29) is 5.69 Å². The van der Waals surface area contributed by atoms with Gasteiger partial charge in [0.1, 0.15) is 5.69 Å². The summed E-state index contributed by atoms with van der Waals surface area (Å²) in [5, 5.41) is 10.2. The molecule has 0 aliphatic rings. The average molecular weight is 264 g/mol. The third-order valence-electron chi connectivity index (χ3n) is 3.18. The largest absolute Gasteiger partial charge is 0.477 e. The van der Waals surface area contributed by atoms with Crippen LogP contribution in [0.3, 0.4) is 0 Å². The number of hydrogen-bond acceptors (Lipinski definition) is 2. The number of pyridine rings is 1. The highest BCUT2D eigenvalue weighted by Gasteiger charge is 2.11. The summed E-state index contributed by atoms with van der Waals surface area (Å²) in [5.74, 6) is -0.616. The van der Waals surface area contributed by atoms with Crippen molar-refractivity contribution in [3.63, 3.8) is 0 Å². The molecule has 0 saturated carbocycles. The molecule has 4 heteroatoms. The SMILES string of the molecule is CCC(C)c1ccc2nc(C(=O)O)cc(Cl)c2c1. The summed E-state index contributed by atoms with van der Waals surface area (Å²) in [4.78, 5) is 15.0. The maximum Gasteiger partial charge on any atom is 0.354 e. The number of carbonyl (C=O) groups is 1. The van der Waals surface area contributed by atoms with Crippen molar-refractivity contribution in [1.29, 1.82) is 0 Å². The second kappa shape index (κ2) is 4.94. The number of benzene rings is 1. The quantitative estimate of drug-likeness (QED) is 0.907. The minimum atomic E-state index is -1.06. The van der Waals surface area contributed by atoms with Crippen LogP contribution in [0, 0.1) is 0 Å². The van der Waals surface area contributed by atoms with E-state index in [1.54, 1.807) is 0 Å². The Morgan fingerprint density at radius 2 is 2.17 bits per heavy atom. The lowest BCUT2D eigenvalue weighted by molar-refractivity contribution is 0.0691. The highest BCUT2D eigenvalue weighted by Crippen LogP contribution is 2.28. The van der Waals surface area contributed by atoms with Gasteiger partial charge in [0, 0.05) is 5.39 Å². The first-order valence-electron chi connectivity index (χ1n) is 5.86. The molecule has 1 atom stereocenters. The Bertz CT molecular complexity index is 610. The molecule has 1 heterocycles. The number of aromatic carboxylic acids is 1. The van der Waals surface area contributed by atoms with Gasteiger partial charge in [0.25, 0.3) is 0 Å². The van der Waals surface area contributed by atoms with Crippen molar-refractivity contribution in [3.8, 4) is 0 Å². The van der Waals surface area contributed by atoms with Gasteiger partial charge in [-0.2, -0.15) is 0 Å². The van der Waals surface area contributed by atoms with Crippen molar-refractivity contribution in [2.24, 2.45) is 0 Å². The van der Waals surface area contributed by atoms with Gasteiger partial charge >= 0.3 is 5.97 Å². The molecule has 0 fully saturated rings. The Morgan fingerprint density at radius 1 is 1.44 bits per heavy atom. The van der Waals surface area contributed by atoms with E-state index < -0.39 is 5.97 Å². The highest BCUT2D eigenvalue weighted by molar-refractivity contribution is 6.35. The van der Waals surface area contributed by atoms with Crippen LogP contribution >= 0.6 is 11.6 Å². The standard InChI is InChI=1S/C14H14ClNO2/c1-3-8(2)9-4-5-12-10(6-9)11(15)7-13(16-12)14(17)18/h4-8H,3H2,1-2H3,(H,17,18). The third kappa shape index (κ3) is 2.31. The molecule has 3 nitrogen and oxygen atoms in total. The number of halogens is 1. The number of fused-ring (bicyclic) bond motifs is 1. The van der Waals surface area contributed by atoms with E-state index in [9.17, 15) is 4.79 Å². The number of carboxylic acids is 1. The van der Waals surface area contributed by atoms with Crippen LogP contribution in [0.4, 0.5) is 0 Å². The maximum absolute atomic E-state index is 10.9. The molecule has 0 aliphatic carbocycles. The Labute approximate surface area is 110 Å². The first-order valence-corrected chi connectivity index (χ1v) is 6.24. The predicted molar refractivity (Wildman–Crippen MR) is 72.4 cm³/mol. The van der Waals surface area contributed by atoms with Crippen LogP contribution in [0.5, 0.6) is 0 Å². The van der Waals surface area contributed by atoms with Gasteiger partial charge in [-0.25, -0.2) is 9.78 Å². The second-order valence-electron chi connectivity index (χ2n) is 4.38. The zero-order valence-electron chi connectivity index (χ0n) is 10.3. The number of rotatable bonds is 3. The van der Waals surface area contributed by atoms with Gasteiger partial charge in [-0.15, -0.1) is 0 Å². The van der Waals surface area contributed by atoms with Crippen molar-refractivity contribution < 1.29 is 9.90 Å². The molecule has 2 aromatic rings. The van der Waals surface area contributed by atoms with Crippen molar-refractivity contribution in [2.45, 2.75) is 26.2 Å². The highest BCUT2D eigenvalue weighted by atomic mass is 35.5. The second-order valence-corrected chi connectivity index (χ2v) is 4.79. The third-order valence-corrected chi connectivity index (χ3v) is 3.50. The van der Waals surface area contributed by atoms with E-state index in [2.05, 4.69) is 18.8 Å². The predicted octanol–water partition coefficient (Wildman–Crippen LogP) is 4.10. The molecule has 0 radical (unpaired) electrons. The van der Waals surface area contributed by atoms with E-state index in [0.29, 0.717) is 16.5 Å². The number of nitrogens with zero attached hydrogens (tertiary/aromatic N) is 1. The lowest BCUT2D eigenvalue weighted by Crippen LogP contribution is -2.01. The van der Waals surface area contributed by atoms with Crippen LogP contribution in [-0.2, 0) is 0 Å². The Hall–Kier alpha value is -1.61. The minimum absolute atomic E-state index is 0.0243. The molecule has 1 unspecified atom stereocenters. The van der Waals surface area contributed by atoms with E-state index in [4.69, 9.17) is 16.7 Å². The van der Waals surface area contributed by atoms with Crippen LogP contribution in [0.2, 0.25) is 5.02 Å². The molecule has 2 rings (SSSR count). The smallest absolute Gasteiger partial charge is 0.354 e.